The maximum atomic E-state index is 9.30. The minimum absolute atomic E-state index is 0.00954. The molecule has 0 amide bonds. The van der Waals surface area contributed by atoms with E-state index in [1.807, 2.05) is 18.2 Å². The molecule has 4 nitrogen and oxygen atoms in total. The summed E-state index contributed by atoms with van der Waals surface area (Å²) in [6.45, 7) is 4.78. The Kier molecular flexibility index (Phi) is 5.69. The molecule has 2 aromatic heterocycles. The normalized spacial score (nSPS) is 10.9. The van der Waals surface area contributed by atoms with Gasteiger partial charge in [0, 0.05) is 24.2 Å². The van der Waals surface area contributed by atoms with Crippen molar-refractivity contribution >= 4 is 0 Å². The Hall–Kier alpha value is -1.94. The van der Waals surface area contributed by atoms with Crippen molar-refractivity contribution < 1.29 is 9.84 Å². The van der Waals surface area contributed by atoms with Crippen LogP contribution in [0.2, 0.25) is 0 Å². The monoisotopic (exact) mass is 286 g/mol. The molecule has 0 saturated carbocycles. The Morgan fingerprint density at radius 3 is 2.57 bits per heavy atom. The van der Waals surface area contributed by atoms with Crippen molar-refractivity contribution in [1.29, 1.82) is 0 Å². The van der Waals surface area contributed by atoms with Gasteiger partial charge in [0.1, 0.15) is 0 Å². The van der Waals surface area contributed by atoms with Crippen LogP contribution in [0.25, 0.3) is 0 Å². The molecule has 1 N–H and O–H groups in total. The topological polar surface area (TPSA) is 55.2 Å². The number of nitrogens with zero attached hydrogens (tertiary/aromatic N) is 2. The first-order valence-corrected chi connectivity index (χ1v) is 7.32. The fourth-order valence-electron chi connectivity index (χ4n) is 2.05. The van der Waals surface area contributed by atoms with Crippen molar-refractivity contribution in [3.8, 4) is 5.88 Å². The van der Waals surface area contributed by atoms with Crippen LogP contribution in [0.4, 0.5) is 0 Å². The summed E-state index contributed by atoms with van der Waals surface area (Å²) in [6.07, 6.45) is 5.49. The van der Waals surface area contributed by atoms with Crippen LogP contribution in [0.15, 0.2) is 36.7 Å². The zero-order valence-corrected chi connectivity index (χ0v) is 12.6. The highest BCUT2D eigenvalue weighted by molar-refractivity contribution is 5.26. The lowest BCUT2D eigenvalue weighted by atomic mass is 10.1. The zero-order valence-electron chi connectivity index (χ0n) is 12.6. The van der Waals surface area contributed by atoms with E-state index >= 15 is 0 Å². The molecular formula is C17H22N2O2. The van der Waals surface area contributed by atoms with Crippen molar-refractivity contribution in [3.05, 3.63) is 53.5 Å². The molecule has 0 aromatic carbocycles. The highest BCUT2D eigenvalue weighted by Crippen LogP contribution is 2.19. The molecule has 0 atom stereocenters. The van der Waals surface area contributed by atoms with E-state index in [1.165, 1.54) is 5.56 Å². The number of aliphatic hydroxyl groups is 1. The lowest BCUT2D eigenvalue weighted by Gasteiger charge is -2.11. The van der Waals surface area contributed by atoms with E-state index in [9.17, 15) is 5.11 Å². The first-order valence-electron chi connectivity index (χ1n) is 7.32. The standard InChI is InChI=1S/C17H22N2O2/c1-13(2)16-10-15(12-20)11-17(19-16)21-9-3-4-14-5-7-18-8-6-14/h5-8,10-11,13,20H,3-4,9,12H2,1-2H3. The van der Waals surface area contributed by atoms with E-state index in [-0.39, 0.29) is 6.61 Å². The quantitative estimate of drug-likeness (QED) is 0.795. The molecule has 112 valence electrons. The molecule has 2 heterocycles. The SMILES string of the molecule is CC(C)c1cc(CO)cc(OCCCc2ccncc2)n1. The number of aromatic nitrogens is 2. The van der Waals surface area contributed by atoms with Crippen LogP contribution in [0.3, 0.4) is 0 Å². The minimum Gasteiger partial charge on any atom is -0.478 e. The molecule has 0 radical (unpaired) electrons. The molecule has 0 aliphatic heterocycles. The lowest BCUT2D eigenvalue weighted by Crippen LogP contribution is -2.04. The first-order chi connectivity index (χ1) is 10.2. The fourth-order valence-corrected chi connectivity index (χ4v) is 2.05. The van der Waals surface area contributed by atoms with E-state index in [0.29, 0.717) is 18.4 Å². The van der Waals surface area contributed by atoms with Gasteiger partial charge in [-0.05, 0) is 48.1 Å². The predicted octanol–water partition coefficient (Wildman–Crippen LogP) is 3.10. The van der Waals surface area contributed by atoms with Crippen LogP contribution in [-0.4, -0.2) is 21.7 Å². The van der Waals surface area contributed by atoms with Gasteiger partial charge < -0.3 is 9.84 Å². The number of rotatable bonds is 7. The Morgan fingerprint density at radius 1 is 1.14 bits per heavy atom. The molecule has 0 aliphatic rings. The summed E-state index contributed by atoms with van der Waals surface area (Å²) < 4.78 is 5.72. The van der Waals surface area contributed by atoms with Crippen LogP contribution in [0.5, 0.6) is 5.88 Å². The average Bonchev–Trinajstić information content (AvgIpc) is 2.52. The second kappa shape index (κ2) is 7.74. The Bertz CT molecular complexity index is 556. The van der Waals surface area contributed by atoms with Gasteiger partial charge in [-0.15, -0.1) is 0 Å². The summed E-state index contributed by atoms with van der Waals surface area (Å²) >= 11 is 0. The van der Waals surface area contributed by atoms with Gasteiger partial charge in [0.25, 0.3) is 0 Å². The second-order valence-corrected chi connectivity index (χ2v) is 5.36. The van der Waals surface area contributed by atoms with E-state index in [4.69, 9.17) is 4.74 Å². The maximum absolute atomic E-state index is 9.30. The fraction of sp³-hybridized carbons (Fsp3) is 0.412. The summed E-state index contributed by atoms with van der Waals surface area (Å²) in [5, 5.41) is 9.30. The van der Waals surface area contributed by atoms with Gasteiger partial charge in [-0.2, -0.15) is 0 Å². The summed E-state index contributed by atoms with van der Waals surface area (Å²) in [5.74, 6) is 0.913. The highest BCUT2D eigenvalue weighted by atomic mass is 16.5. The van der Waals surface area contributed by atoms with Crippen molar-refractivity contribution in [2.24, 2.45) is 0 Å². The zero-order chi connectivity index (χ0) is 15.1. The maximum Gasteiger partial charge on any atom is 0.213 e. The molecule has 2 aromatic rings. The summed E-state index contributed by atoms with van der Waals surface area (Å²) in [6, 6.07) is 7.76. The molecule has 2 rings (SSSR count). The number of aliphatic hydroxyl groups excluding tert-OH is 1. The van der Waals surface area contributed by atoms with E-state index in [0.717, 1.165) is 24.1 Å². The Morgan fingerprint density at radius 2 is 1.90 bits per heavy atom. The molecule has 0 saturated heterocycles. The molecule has 4 heteroatoms. The number of pyridine rings is 2. The van der Waals surface area contributed by atoms with Gasteiger partial charge >= 0.3 is 0 Å². The van der Waals surface area contributed by atoms with Gasteiger partial charge in [0.15, 0.2) is 0 Å². The van der Waals surface area contributed by atoms with Crippen LogP contribution >= 0.6 is 0 Å². The molecule has 0 unspecified atom stereocenters. The molecule has 0 fully saturated rings. The number of hydrogen-bond acceptors (Lipinski definition) is 4. The van der Waals surface area contributed by atoms with Crippen molar-refractivity contribution in [2.75, 3.05) is 6.61 Å². The van der Waals surface area contributed by atoms with Crippen LogP contribution in [0, 0.1) is 0 Å². The van der Waals surface area contributed by atoms with Crippen molar-refractivity contribution in [1.82, 2.24) is 9.97 Å². The largest absolute Gasteiger partial charge is 0.478 e. The van der Waals surface area contributed by atoms with Crippen LogP contribution < -0.4 is 4.74 Å². The average molecular weight is 286 g/mol. The van der Waals surface area contributed by atoms with Crippen LogP contribution in [0.1, 0.15) is 43.0 Å². The molecular weight excluding hydrogens is 264 g/mol. The van der Waals surface area contributed by atoms with E-state index < -0.39 is 0 Å². The van der Waals surface area contributed by atoms with E-state index in [1.54, 1.807) is 18.5 Å². The minimum atomic E-state index is 0.00954. The summed E-state index contributed by atoms with van der Waals surface area (Å²) in [5.41, 5.74) is 3.05. The predicted molar refractivity (Wildman–Crippen MR) is 82.3 cm³/mol. The third kappa shape index (κ3) is 4.83. The molecule has 21 heavy (non-hydrogen) atoms. The van der Waals surface area contributed by atoms with Gasteiger partial charge in [0.05, 0.1) is 13.2 Å². The van der Waals surface area contributed by atoms with E-state index in [2.05, 4.69) is 23.8 Å². The van der Waals surface area contributed by atoms with Gasteiger partial charge in [0.2, 0.25) is 5.88 Å². The molecule has 0 bridgehead atoms. The van der Waals surface area contributed by atoms with Crippen LogP contribution in [-0.2, 0) is 13.0 Å². The third-order valence-electron chi connectivity index (χ3n) is 3.26. The lowest BCUT2D eigenvalue weighted by molar-refractivity contribution is 0.275. The van der Waals surface area contributed by atoms with Gasteiger partial charge in [-0.1, -0.05) is 13.8 Å². The van der Waals surface area contributed by atoms with Crippen molar-refractivity contribution in [3.63, 3.8) is 0 Å². The van der Waals surface area contributed by atoms with Gasteiger partial charge in [-0.25, -0.2) is 4.98 Å². The Labute approximate surface area is 125 Å². The molecule has 0 aliphatic carbocycles. The molecule has 0 spiro atoms. The summed E-state index contributed by atoms with van der Waals surface area (Å²) in [7, 11) is 0. The Balaban J connectivity index is 1.89. The number of ether oxygens (including phenoxy) is 1. The summed E-state index contributed by atoms with van der Waals surface area (Å²) in [4.78, 5) is 8.48. The number of hydrogen-bond donors (Lipinski definition) is 1. The third-order valence-corrected chi connectivity index (χ3v) is 3.26. The smallest absolute Gasteiger partial charge is 0.213 e. The number of aryl methyl sites for hydroxylation is 1. The first kappa shape index (κ1) is 15.4. The highest BCUT2D eigenvalue weighted by Gasteiger charge is 2.07. The van der Waals surface area contributed by atoms with Gasteiger partial charge in [-0.3, -0.25) is 4.98 Å². The van der Waals surface area contributed by atoms with Crippen molar-refractivity contribution in [2.45, 2.75) is 39.2 Å². The second-order valence-electron chi connectivity index (χ2n) is 5.36.